The summed E-state index contributed by atoms with van der Waals surface area (Å²) in [6.07, 6.45) is -1.07. The second kappa shape index (κ2) is 7.95. The molecule has 9 heteroatoms. The molecule has 0 saturated heterocycles. The maximum Gasteiger partial charge on any atom is 0.338 e. The Morgan fingerprint density at radius 3 is 2.54 bits per heavy atom. The lowest BCUT2D eigenvalue weighted by atomic mass is 10.1. The predicted molar refractivity (Wildman–Crippen MR) is 98.8 cm³/mol. The lowest BCUT2D eigenvalue weighted by molar-refractivity contribution is -0.385. The van der Waals surface area contributed by atoms with Gasteiger partial charge in [-0.25, -0.2) is 4.79 Å². The third-order valence-electron chi connectivity index (χ3n) is 4.09. The zero-order chi connectivity index (χ0) is 20.3. The predicted octanol–water partition coefficient (Wildman–Crippen LogP) is 2.86. The highest BCUT2D eigenvalue weighted by atomic mass is 16.6. The van der Waals surface area contributed by atoms with Crippen molar-refractivity contribution in [2.24, 2.45) is 0 Å². The number of rotatable bonds is 5. The van der Waals surface area contributed by atoms with Gasteiger partial charge in [0.1, 0.15) is 13.2 Å². The number of amides is 1. The molecule has 1 N–H and O–H groups in total. The third kappa shape index (κ3) is 4.20. The number of nitro groups is 1. The van der Waals surface area contributed by atoms with E-state index in [-0.39, 0.29) is 11.3 Å². The van der Waals surface area contributed by atoms with E-state index < -0.39 is 22.9 Å². The van der Waals surface area contributed by atoms with Crippen molar-refractivity contribution in [3.05, 3.63) is 57.6 Å². The lowest BCUT2D eigenvalue weighted by Crippen LogP contribution is -2.30. The largest absolute Gasteiger partial charge is 0.486 e. The van der Waals surface area contributed by atoms with Crippen molar-refractivity contribution < 1.29 is 28.7 Å². The molecule has 2 aromatic rings. The monoisotopic (exact) mass is 386 g/mol. The van der Waals surface area contributed by atoms with Crippen LogP contribution in [0.15, 0.2) is 36.4 Å². The summed E-state index contributed by atoms with van der Waals surface area (Å²) in [6.45, 7) is 3.84. The second-order valence-electron chi connectivity index (χ2n) is 6.15. The van der Waals surface area contributed by atoms with E-state index in [1.807, 2.05) is 0 Å². The Labute approximate surface area is 160 Å². The zero-order valence-electron chi connectivity index (χ0n) is 15.3. The molecule has 1 amide bonds. The van der Waals surface area contributed by atoms with Crippen LogP contribution in [0.3, 0.4) is 0 Å². The minimum Gasteiger partial charge on any atom is -0.486 e. The van der Waals surface area contributed by atoms with Crippen LogP contribution < -0.4 is 14.8 Å². The number of anilines is 1. The average molecular weight is 386 g/mol. The fourth-order valence-corrected chi connectivity index (χ4v) is 2.63. The highest BCUT2D eigenvalue weighted by Crippen LogP contribution is 2.32. The van der Waals surface area contributed by atoms with E-state index in [1.54, 1.807) is 18.2 Å². The van der Waals surface area contributed by atoms with Crippen molar-refractivity contribution in [1.82, 2.24) is 0 Å². The molecule has 0 fully saturated rings. The highest BCUT2D eigenvalue weighted by Gasteiger charge is 2.21. The number of nitrogens with one attached hydrogen (secondary N) is 1. The molecule has 2 aromatic carbocycles. The molecule has 3 rings (SSSR count). The Morgan fingerprint density at radius 2 is 1.86 bits per heavy atom. The van der Waals surface area contributed by atoms with Crippen molar-refractivity contribution in [1.29, 1.82) is 0 Å². The molecule has 0 unspecified atom stereocenters. The van der Waals surface area contributed by atoms with Crippen LogP contribution in [0.2, 0.25) is 0 Å². The third-order valence-corrected chi connectivity index (χ3v) is 4.09. The van der Waals surface area contributed by atoms with Crippen LogP contribution in [0.4, 0.5) is 11.4 Å². The van der Waals surface area contributed by atoms with E-state index in [4.69, 9.17) is 14.2 Å². The van der Waals surface area contributed by atoms with Gasteiger partial charge in [-0.2, -0.15) is 0 Å². The van der Waals surface area contributed by atoms with Gasteiger partial charge in [0, 0.05) is 23.4 Å². The molecule has 0 bridgehead atoms. The zero-order valence-corrected chi connectivity index (χ0v) is 15.3. The van der Waals surface area contributed by atoms with Crippen LogP contribution in [-0.2, 0) is 9.53 Å². The van der Waals surface area contributed by atoms with Gasteiger partial charge < -0.3 is 19.5 Å². The Bertz CT molecular complexity index is 942. The molecule has 0 saturated carbocycles. The van der Waals surface area contributed by atoms with Crippen molar-refractivity contribution in [2.75, 3.05) is 18.5 Å². The summed E-state index contributed by atoms with van der Waals surface area (Å²) in [4.78, 5) is 34.9. The van der Waals surface area contributed by atoms with Crippen LogP contribution in [0.5, 0.6) is 11.5 Å². The van der Waals surface area contributed by atoms with Crippen LogP contribution in [0.1, 0.15) is 22.8 Å². The Balaban J connectivity index is 1.63. The minimum atomic E-state index is -1.07. The van der Waals surface area contributed by atoms with Crippen molar-refractivity contribution in [3.63, 3.8) is 0 Å². The fraction of sp³-hybridized carbons (Fsp3) is 0.263. The van der Waals surface area contributed by atoms with Crippen molar-refractivity contribution in [2.45, 2.75) is 20.0 Å². The summed E-state index contributed by atoms with van der Waals surface area (Å²) < 4.78 is 16.0. The molecule has 0 aromatic heterocycles. The quantitative estimate of drug-likeness (QED) is 0.477. The van der Waals surface area contributed by atoms with Crippen molar-refractivity contribution in [3.8, 4) is 11.5 Å². The fourth-order valence-electron chi connectivity index (χ4n) is 2.63. The molecule has 0 aliphatic carbocycles. The molecular weight excluding hydrogens is 368 g/mol. The topological polar surface area (TPSA) is 117 Å². The van der Waals surface area contributed by atoms with Crippen molar-refractivity contribution >= 4 is 23.3 Å². The number of hydrogen-bond donors (Lipinski definition) is 1. The molecule has 1 aliphatic rings. The van der Waals surface area contributed by atoms with Gasteiger partial charge in [0.05, 0.1) is 10.5 Å². The van der Waals surface area contributed by atoms with Crippen LogP contribution in [0, 0.1) is 17.0 Å². The molecule has 1 atom stereocenters. The number of nitro benzene ring substituents is 1. The van der Waals surface area contributed by atoms with Gasteiger partial charge >= 0.3 is 5.97 Å². The average Bonchev–Trinajstić information content (AvgIpc) is 2.67. The summed E-state index contributed by atoms with van der Waals surface area (Å²) in [7, 11) is 0. The summed E-state index contributed by atoms with van der Waals surface area (Å²) in [6, 6.07) is 8.83. The van der Waals surface area contributed by atoms with E-state index in [0.717, 1.165) is 0 Å². The minimum absolute atomic E-state index is 0.0963. The van der Waals surface area contributed by atoms with E-state index >= 15 is 0 Å². The number of hydrogen-bond acceptors (Lipinski definition) is 7. The first-order valence-corrected chi connectivity index (χ1v) is 8.51. The van der Waals surface area contributed by atoms with Crippen LogP contribution in [-0.4, -0.2) is 36.1 Å². The molecule has 9 nitrogen and oxygen atoms in total. The normalized spacial score (nSPS) is 13.4. The Kier molecular flexibility index (Phi) is 5.44. The summed E-state index contributed by atoms with van der Waals surface area (Å²) >= 11 is 0. The van der Waals surface area contributed by atoms with E-state index in [2.05, 4.69) is 5.32 Å². The smallest absolute Gasteiger partial charge is 0.338 e. The molecule has 0 radical (unpaired) electrons. The van der Waals surface area contributed by atoms with Gasteiger partial charge in [-0.1, -0.05) is 0 Å². The Morgan fingerprint density at radius 1 is 1.14 bits per heavy atom. The number of nitrogens with zero attached hydrogens (tertiary/aromatic N) is 1. The number of aryl methyl sites for hydroxylation is 1. The molecule has 146 valence electrons. The molecule has 1 heterocycles. The lowest BCUT2D eigenvalue weighted by Gasteiger charge is -2.19. The van der Waals surface area contributed by atoms with Gasteiger partial charge in [0.2, 0.25) is 0 Å². The van der Waals surface area contributed by atoms with E-state index in [0.29, 0.717) is 36.0 Å². The maximum absolute atomic E-state index is 12.3. The maximum atomic E-state index is 12.3. The standard InChI is InChI=1S/C19H18N2O7/c1-11-9-13(3-5-15(11)21(24)25)19(23)28-12(2)18(22)20-14-4-6-16-17(10-14)27-8-7-26-16/h3-6,9-10,12H,7-8H2,1-2H3,(H,20,22)/t12-/m0/s1. The first-order chi connectivity index (χ1) is 13.3. The second-order valence-corrected chi connectivity index (χ2v) is 6.15. The first-order valence-electron chi connectivity index (χ1n) is 8.51. The van der Waals surface area contributed by atoms with E-state index in [1.165, 1.54) is 32.0 Å². The number of carbonyl (C=O) groups is 2. The number of benzene rings is 2. The van der Waals surface area contributed by atoms with Gasteiger partial charge in [0.15, 0.2) is 17.6 Å². The Hall–Kier alpha value is -3.62. The highest BCUT2D eigenvalue weighted by molar-refractivity contribution is 5.97. The summed E-state index contributed by atoms with van der Waals surface area (Å²) in [5.41, 5.74) is 0.833. The van der Waals surface area contributed by atoms with Crippen LogP contribution >= 0.6 is 0 Å². The molecule has 28 heavy (non-hydrogen) atoms. The number of carbonyl (C=O) groups excluding carboxylic acids is 2. The summed E-state index contributed by atoms with van der Waals surface area (Å²) in [5.74, 6) is -0.154. The first kappa shape index (κ1) is 19.2. The van der Waals surface area contributed by atoms with Gasteiger partial charge in [-0.05, 0) is 38.1 Å². The number of esters is 1. The summed E-state index contributed by atoms with van der Waals surface area (Å²) in [5, 5.41) is 13.5. The SMILES string of the molecule is Cc1cc(C(=O)O[C@@H](C)C(=O)Nc2ccc3c(c2)OCCO3)ccc1[N+](=O)[O-]. The van der Waals surface area contributed by atoms with Crippen LogP contribution in [0.25, 0.3) is 0 Å². The van der Waals surface area contributed by atoms with Gasteiger partial charge in [0.25, 0.3) is 11.6 Å². The van der Waals surface area contributed by atoms with Gasteiger partial charge in [-0.15, -0.1) is 0 Å². The van der Waals surface area contributed by atoms with Gasteiger partial charge in [-0.3, -0.25) is 14.9 Å². The molecule has 0 spiro atoms. The van der Waals surface area contributed by atoms with E-state index in [9.17, 15) is 19.7 Å². The molecule has 1 aliphatic heterocycles. The molecular formula is C19H18N2O7. The number of fused-ring (bicyclic) bond motifs is 1. The number of ether oxygens (including phenoxy) is 3.